The van der Waals surface area contributed by atoms with E-state index < -0.39 is 0 Å². The maximum absolute atomic E-state index is 12.0. The number of carbonyl (C=O) groups excluding carboxylic acids is 2. The van der Waals surface area contributed by atoms with Crippen LogP contribution in [-0.4, -0.2) is 23.1 Å². The van der Waals surface area contributed by atoms with Crippen molar-refractivity contribution >= 4 is 11.7 Å². The maximum atomic E-state index is 12.0. The van der Waals surface area contributed by atoms with Gasteiger partial charge < -0.3 is 9.32 Å². The fourth-order valence-electron chi connectivity index (χ4n) is 3.45. The summed E-state index contributed by atoms with van der Waals surface area (Å²) >= 11 is 0. The lowest BCUT2D eigenvalue weighted by atomic mass is 9.94. The highest BCUT2D eigenvalue weighted by molar-refractivity contribution is 6.08. The minimum absolute atomic E-state index is 0.0152. The van der Waals surface area contributed by atoms with E-state index in [0.29, 0.717) is 6.54 Å². The normalized spacial score (nSPS) is 26.1. The van der Waals surface area contributed by atoms with E-state index in [4.69, 9.17) is 4.42 Å². The topological polar surface area (TPSA) is 50.5 Å². The largest absolute Gasteiger partial charge is 0.465 e. The number of nitrogens with zero attached hydrogens (tertiary/aromatic N) is 1. The number of carbonyl (C=O) groups is 2. The molecular weight excluding hydrogens is 218 g/mol. The van der Waals surface area contributed by atoms with Gasteiger partial charge in [-0.1, -0.05) is 0 Å². The summed E-state index contributed by atoms with van der Waals surface area (Å²) in [7, 11) is 0. The van der Waals surface area contributed by atoms with Crippen LogP contribution >= 0.6 is 0 Å². The predicted molar refractivity (Wildman–Crippen MR) is 58.5 cm³/mol. The number of furan rings is 1. The molecule has 0 N–H and O–H groups in total. The fourth-order valence-corrected chi connectivity index (χ4v) is 3.45. The molecule has 0 spiro atoms. The number of ketones is 1. The molecule has 1 unspecified atom stereocenters. The zero-order chi connectivity index (χ0) is 11.6. The van der Waals surface area contributed by atoms with E-state index in [-0.39, 0.29) is 24.2 Å². The summed E-state index contributed by atoms with van der Waals surface area (Å²) < 4.78 is 5.85. The molecule has 1 saturated heterocycles. The molecule has 2 aliphatic heterocycles. The van der Waals surface area contributed by atoms with E-state index in [1.807, 2.05) is 0 Å². The van der Waals surface area contributed by atoms with Gasteiger partial charge in [-0.3, -0.25) is 9.59 Å². The van der Waals surface area contributed by atoms with Crippen LogP contribution in [0, 0.1) is 0 Å². The summed E-state index contributed by atoms with van der Waals surface area (Å²) in [6, 6.07) is -0.322. The predicted octanol–water partition coefficient (Wildman–Crippen LogP) is 1.17. The Morgan fingerprint density at radius 1 is 1.12 bits per heavy atom. The average Bonchev–Trinajstić information content (AvgIpc) is 2.92. The summed E-state index contributed by atoms with van der Waals surface area (Å²) in [4.78, 5) is 25.4. The van der Waals surface area contributed by atoms with Gasteiger partial charge in [-0.25, -0.2) is 0 Å². The molecule has 3 heterocycles. The molecule has 0 aromatic carbocycles. The summed E-state index contributed by atoms with van der Waals surface area (Å²) in [5, 5.41) is 0. The number of aryl methyl sites for hydroxylation is 1. The van der Waals surface area contributed by atoms with Crippen molar-refractivity contribution < 1.29 is 14.0 Å². The molecule has 17 heavy (non-hydrogen) atoms. The highest BCUT2D eigenvalue weighted by Crippen LogP contribution is 2.43. The van der Waals surface area contributed by atoms with Crippen molar-refractivity contribution in [2.24, 2.45) is 0 Å². The van der Waals surface area contributed by atoms with Crippen molar-refractivity contribution in [1.29, 1.82) is 0 Å². The van der Waals surface area contributed by atoms with Crippen LogP contribution in [0.15, 0.2) is 4.42 Å². The Labute approximate surface area is 98.6 Å². The van der Waals surface area contributed by atoms with Crippen molar-refractivity contribution in [3.63, 3.8) is 0 Å². The third-order valence-electron chi connectivity index (χ3n) is 4.15. The minimum Gasteiger partial charge on any atom is -0.465 e. The van der Waals surface area contributed by atoms with E-state index in [0.717, 1.165) is 42.8 Å². The van der Waals surface area contributed by atoms with Crippen molar-refractivity contribution in [2.45, 2.75) is 38.1 Å². The van der Waals surface area contributed by atoms with Crippen LogP contribution in [0.5, 0.6) is 0 Å². The van der Waals surface area contributed by atoms with Crippen LogP contribution in [0.2, 0.25) is 0 Å². The van der Waals surface area contributed by atoms with Gasteiger partial charge in [0.1, 0.15) is 17.6 Å². The quantitative estimate of drug-likeness (QED) is 0.630. The Balaban J connectivity index is 1.91. The lowest BCUT2D eigenvalue weighted by Gasteiger charge is -2.28. The van der Waals surface area contributed by atoms with E-state index in [9.17, 15) is 9.59 Å². The van der Waals surface area contributed by atoms with Gasteiger partial charge >= 0.3 is 0 Å². The minimum atomic E-state index is -0.322. The number of amides is 1. The van der Waals surface area contributed by atoms with E-state index in [1.54, 1.807) is 4.90 Å². The van der Waals surface area contributed by atoms with Crippen molar-refractivity contribution in [1.82, 2.24) is 4.90 Å². The number of fused-ring (bicyclic) bond motifs is 5. The molecule has 4 rings (SSSR count). The molecule has 1 atom stereocenters. The average molecular weight is 231 g/mol. The molecule has 1 aromatic heterocycles. The smallest absolute Gasteiger partial charge is 0.231 e. The Hall–Kier alpha value is -1.58. The highest BCUT2D eigenvalue weighted by Gasteiger charge is 2.46. The molecule has 1 aromatic rings. The number of Topliss-reactive ketones (excluding diaryl/α,β-unsaturated/α-hetero) is 1. The van der Waals surface area contributed by atoms with Crippen molar-refractivity contribution in [3.8, 4) is 0 Å². The van der Waals surface area contributed by atoms with Crippen LogP contribution in [0.4, 0.5) is 0 Å². The molecular formula is C13H13NO3. The number of rotatable bonds is 0. The van der Waals surface area contributed by atoms with Gasteiger partial charge in [0.15, 0.2) is 5.78 Å². The van der Waals surface area contributed by atoms with Crippen LogP contribution in [0.1, 0.15) is 41.5 Å². The highest BCUT2D eigenvalue weighted by atomic mass is 16.3. The number of hydrogen-bond donors (Lipinski definition) is 0. The van der Waals surface area contributed by atoms with E-state index in [2.05, 4.69) is 0 Å². The van der Waals surface area contributed by atoms with Gasteiger partial charge in [0.05, 0.1) is 6.42 Å². The monoisotopic (exact) mass is 231 g/mol. The van der Waals surface area contributed by atoms with Gasteiger partial charge in [0, 0.05) is 24.9 Å². The van der Waals surface area contributed by atoms with Crippen LogP contribution in [-0.2, 0) is 28.9 Å². The van der Waals surface area contributed by atoms with Gasteiger partial charge in [-0.05, 0) is 18.4 Å². The summed E-state index contributed by atoms with van der Waals surface area (Å²) in [6.45, 7) is 0.634. The summed E-state index contributed by atoms with van der Waals surface area (Å²) in [5.74, 6) is 2.05. The first kappa shape index (κ1) is 9.45. The van der Waals surface area contributed by atoms with Crippen LogP contribution in [0.25, 0.3) is 0 Å². The van der Waals surface area contributed by atoms with E-state index in [1.165, 1.54) is 5.56 Å². The van der Waals surface area contributed by atoms with Crippen molar-refractivity contribution in [3.05, 3.63) is 22.6 Å². The van der Waals surface area contributed by atoms with Gasteiger partial charge in [-0.2, -0.15) is 0 Å². The summed E-state index contributed by atoms with van der Waals surface area (Å²) in [5.41, 5.74) is 2.26. The van der Waals surface area contributed by atoms with Crippen LogP contribution < -0.4 is 0 Å². The first-order valence-corrected chi connectivity index (χ1v) is 6.21. The Morgan fingerprint density at radius 3 is 2.88 bits per heavy atom. The second-order valence-electron chi connectivity index (χ2n) is 5.08. The second kappa shape index (κ2) is 3.00. The third kappa shape index (κ3) is 1.08. The van der Waals surface area contributed by atoms with Crippen molar-refractivity contribution in [2.75, 3.05) is 6.54 Å². The first-order valence-electron chi connectivity index (χ1n) is 6.21. The lowest BCUT2D eigenvalue weighted by Crippen LogP contribution is -2.35. The Bertz CT molecular complexity index is 543. The standard InChI is InChI=1S/C13H13NO3/c15-8-6-11(16)14-5-4-10-12(13(8)14)7-2-1-3-9(7)17-10/h13H,1-6H2. The molecule has 1 aliphatic carbocycles. The second-order valence-corrected chi connectivity index (χ2v) is 5.08. The molecule has 0 bridgehead atoms. The Morgan fingerprint density at radius 2 is 2.00 bits per heavy atom. The fraction of sp³-hybridized carbons (Fsp3) is 0.538. The van der Waals surface area contributed by atoms with E-state index >= 15 is 0 Å². The molecule has 4 heteroatoms. The third-order valence-corrected chi connectivity index (χ3v) is 4.15. The van der Waals surface area contributed by atoms with Crippen LogP contribution in [0.3, 0.4) is 0 Å². The molecule has 88 valence electrons. The zero-order valence-electron chi connectivity index (χ0n) is 9.49. The maximum Gasteiger partial charge on any atom is 0.231 e. The van der Waals surface area contributed by atoms with Gasteiger partial charge in [0.25, 0.3) is 0 Å². The lowest BCUT2D eigenvalue weighted by molar-refractivity contribution is -0.129. The van der Waals surface area contributed by atoms with Gasteiger partial charge in [-0.15, -0.1) is 0 Å². The molecule has 1 amide bonds. The van der Waals surface area contributed by atoms with Gasteiger partial charge in [0.2, 0.25) is 5.91 Å². The SMILES string of the molecule is O=C1CC(=O)N2CCc3oc4c(c3C12)CCC4. The first-order chi connectivity index (χ1) is 8.25. The molecule has 4 nitrogen and oxygen atoms in total. The summed E-state index contributed by atoms with van der Waals surface area (Å²) in [6.07, 6.45) is 3.93. The zero-order valence-corrected chi connectivity index (χ0v) is 9.49. The molecule has 1 fully saturated rings. The molecule has 3 aliphatic rings. The number of hydrogen-bond acceptors (Lipinski definition) is 3. The molecule has 0 saturated carbocycles. The Kier molecular flexibility index (Phi) is 1.67. The molecule has 0 radical (unpaired) electrons.